The topological polar surface area (TPSA) is 89.6 Å². The average molecular weight is 308 g/mol. The van der Waals surface area contributed by atoms with Crippen molar-refractivity contribution in [3.63, 3.8) is 0 Å². The predicted molar refractivity (Wildman–Crippen MR) is 77.1 cm³/mol. The van der Waals surface area contributed by atoms with Gasteiger partial charge in [0.2, 0.25) is 0 Å². The number of nitrogens with zero attached hydrogens (tertiary/aromatic N) is 3. The molecular weight excluding hydrogens is 297 g/mol. The highest BCUT2D eigenvalue weighted by Gasteiger charge is 2.18. The maximum absolute atomic E-state index is 13.5. The van der Waals surface area contributed by atoms with Crippen molar-refractivity contribution in [2.45, 2.75) is 13.0 Å². The van der Waals surface area contributed by atoms with E-state index in [0.717, 1.165) is 12.1 Å². The molecule has 0 saturated heterocycles. The van der Waals surface area contributed by atoms with Gasteiger partial charge >= 0.3 is 0 Å². The zero-order valence-electron chi connectivity index (χ0n) is 11.0. The molecule has 0 amide bonds. The first kappa shape index (κ1) is 13.7. The molecule has 1 aromatic carbocycles. The number of hydrogen-bond donors (Lipinski definition) is 2. The van der Waals surface area contributed by atoms with Gasteiger partial charge in [0.1, 0.15) is 17.5 Å². The quantitative estimate of drug-likeness (QED) is 0.757. The minimum atomic E-state index is -0.601. The van der Waals surface area contributed by atoms with Crippen LogP contribution >= 0.6 is 11.6 Å². The summed E-state index contributed by atoms with van der Waals surface area (Å²) in [5.74, 6) is 0.114. The van der Waals surface area contributed by atoms with Crippen molar-refractivity contribution in [2.75, 3.05) is 0 Å². The van der Waals surface area contributed by atoms with E-state index in [1.807, 2.05) is 0 Å². The second kappa shape index (κ2) is 4.94. The zero-order chi connectivity index (χ0) is 15.1. The first-order valence-electron chi connectivity index (χ1n) is 6.16. The standard InChI is InChI=1S/C13H11ClFN5O/c1-6(16)12-18-11-8(4-7(15)5-9(11)14)13(21)20(12)10-2-3-17-19-10/h2-6H,16H2,1H3,(H,17,19)/t6-/m1/s1. The van der Waals surface area contributed by atoms with Crippen molar-refractivity contribution in [1.29, 1.82) is 0 Å². The van der Waals surface area contributed by atoms with Crippen molar-refractivity contribution < 1.29 is 4.39 Å². The maximum Gasteiger partial charge on any atom is 0.267 e. The fourth-order valence-corrected chi connectivity index (χ4v) is 2.39. The van der Waals surface area contributed by atoms with Gasteiger partial charge in [-0.05, 0) is 19.1 Å². The molecule has 21 heavy (non-hydrogen) atoms. The summed E-state index contributed by atoms with van der Waals surface area (Å²) in [6.45, 7) is 1.69. The van der Waals surface area contributed by atoms with E-state index < -0.39 is 17.4 Å². The third kappa shape index (κ3) is 2.20. The summed E-state index contributed by atoms with van der Waals surface area (Å²) in [6, 6.07) is 3.30. The van der Waals surface area contributed by atoms with E-state index in [-0.39, 0.29) is 15.9 Å². The maximum atomic E-state index is 13.5. The molecule has 0 spiro atoms. The lowest BCUT2D eigenvalue weighted by Crippen LogP contribution is -2.28. The van der Waals surface area contributed by atoms with Gasteiger partial charge in [-0.25, -0.2) is 13.9 Å². The minimum Gasteiger partial charge on any atom is -0.322 e. The van der Waals surface area contributed by atoms with Crippen LogP contribution in [0.1, 0.15) is 18.8 Å². The number of rotatable bonds is 2. The van der Waals surface area contributed by atoms with Crippen LogP contribution in [0.2, 0.25) is 5.02 Å². The van der Waals surface area contributed by atoms with Gasteiger partial charge < -0.3 is 5.73 Å². The molecule has 3 N–H and O–H groups in total. The Kier molecular flexibility index (Phi) is 3.23. The van der Waals surface area contributed by atoms with Gasteiger partial charge in [0, 0.05) is 6.07 Å². The molecule has 0 radical (unpaired) electrons. The molecule has 0 unspecified atom stereocenters. The largest absolute Gasteiger partial charge is 0.322 e. The van der Waals surface area contributed by atoms with Crippen molar-refractivity contribution >= 4 is 22.5 Å². The van der Waals surface area contributed by atoms with Crippen LogP contribution in [0.25, 0.3) is 16.7 Å². The van der Waals surface area contributed by atoms with Crippen molar-refractivity contribution in [1.82, 2.24) is 19.7 Å². The fraction of sp³-hybridized carbons (Fsp3) is 0.154. The SMILES string of the molecule is C[C@@H](N)c1nc2c(Cl)cc(F)cc2c(=O)n1-c1ccn[nH]1. The second-order valence-corrected chi connectivity index (χ2v) is 5.03. The molecule has 0 bridgehead atoms. The monoisotopic (exact) mass is 307 g/mol. The van der Waals surface area contributed by atoms with E-state index in [2.05, 4.69) is 15.2 Å². The normalized spacial score (nSPS) is 12.8. The average Bonchev–Trinajstić information content (AvgIpc) is 2.92. The Labute approximate surface area is 123 Å². The summed E-state index contributed by atoms with van der Waals surface area (Å²) in [5, 5.41) is 6.63. The highest BCUT2D eigenvalue weighted by Crippen LogP contribution is 2.23. The predicted octanol–water partition coefficient (Wildman–Crippen LogP) is 1.92. The molecular formula is C13H11ClFN5O. The van der Waals surface area contributed by atoms with Gasteiger partial charge in [-0.1, -0.05) is 11.6 Å². The lowest BCUT2D eigenvalue weighted by Gasteiger charge is -2.14. The van der Waals surface area contributed by atoms with Gasteiger partial charge in [-0.15, -0.1) is 0 Å². The second-order valence-electron chi connectivity index (χ2n) is 4.62. The van der Waals surface area contributed by atoms with Crippen LogP contribution in [-0.2, 0) is 0 Å². The molecule has 8 heteroatoms. The molecule has 2 aromatic heterocycles. The number of H-pyrrole nitrogens is 1. The van der Waals surface area contributed by atoms with E-state index in [9.17, 15) is 9.18 Å². The first-order chi connectivity index (χ1) is 9.99. The number of nitrogens with two attached hydrogens (primary N) is 1. The summed E-state index contributed by atoms with van der Waals surface area (Å²) in [5.41, 5.74) is 5.65. The molecule has 0 saturated carbocycles. The number of benzene rings is 1. The van der Waals surface area contributed by atoms with Crippen LogP contribution in [0.5, 0.6) is 0 Å². The first-order valence-corrected chi connectivity index (χ1v) is 6.54. The van der Waals surface area contributed by atoms with Crippen molar-refractivity contribution in [2.24, 2.45) is 5.73 Å². The molecule has 1 atom stereocenters. The van der Waals surface area contributed by atoms with E-state index >= 15 is 0 Å². The van der Waals surface area contributed by atoms with Gasteiger partial charge in [0.15, 0.2) is 0 Å². The minimum absolute atomic E-state index is 0.0701. The number of hydrogen-bond acceptors (Lipinski definition) is 4. The Morgan fingerprint density at radius 2 is 2.24 bits per heavy atom. The van der Waals surface area contributed by atoms with Gasteiger partial charge in [-0.3, -0.25) is 9.89 Å². The van der Waals surface area contributed by atoms with Crippen LogP contribution in [-0.4, -0.2) is 19.7 Å². The summed E-state index contributed by atoms with van der Waals surface area (Å²) in [6.07, 6.45) is 1.50. The van der Waals surface area contributed by atoms with Crippen LogP contribution in [0.3, 0.4) is 0 Å². The third-order valence-corrected chi connectivity index (χ3v) is 3.34. The van der Waals surface area contributed by atoms with E-state index in [0.29, 0.717) is 11.6 Å². The number of aromatic amines is 1. The van der Waals surface area contributed by atoms with Gasteiger partial charge in [-0.2, -0.15) is 5.10 Å². The zero-order valence-corrected chi connectivity index (χ0v) is 11.7. The number of aromatic nitrogens is 4. The number of fused-ring (bicyclic) bond motifs is 1. The molecule has 0 aliphatic heterocycles. The van der Waals surface area contributed by atoms with E-state index in [1.165, 1.54) is 10.8 Å². The molecule has 2 heterocycles. The lowest BCUT2D eigenvalue weighted by molar-refractivity contribution is 0.628. The van der Waals surface area contributed by atoms with E-state index in [1.54, 1.807) is 13.0 Å². The van der Waals surface area contributed by atoms with Gasteiger partial charge in [0.25, 0.3) is 5.56 Å². The molecule has 3 aromatic rings. The van der Waals surface area contributed by atoms with Crippen LogP contribution in [0, 0.1) is 5.82 Å². The molecule has 6 nitrogen and oxygen atoms in total. The molecule has 0 aliphatic carbocycles. The number of nitrogens with one attached hydrogen (secondary N) is 1. The Balaban J connectivity index is 2.49. The van der Waals surface area contributed by atoms with Gasteiger partial charge in [0.05, 0.1) is 28.2 Å². The van der Waals surface area contributed by atoms with E-state index in [4.69, 9.17) is 17.3 Å². The fourth-order valence-electron chi connectivity index (χ4n) is 2.14. The summed E-state index contributed by atoms with van der Waals surface area (Å²) in [7, 11) is 0. The summed E-state index contributed by atoms with van der Waals surface area (Å²) < 4.78 is 14.8. The number of halogens is 2. The Bertz CT molecular complexity index is 872. The molecule has 108 valence electrons. The Morgan fingerprint density at radius 1 is 1.48 bits per heavy atom. The molecule has 3 rings (SSSR count). The lowest BCUT2D eigenvalue weighted by atomic mass is 10.2. The molecule has 0 aliphatic rings. The third-order valence-electron chi connectivity index (χ3n) is 3.05. The smallest absolute Gasteiger partial charge is 0.267 e. The van der Waals surface area contributed by atoms with Crippen LogP contribution < -0.4 is 11.3 Å². The summed E-state index contributed by atoms with van der Waals surface area (Å²) in [4.78, 5) is 17.0. The van der Waals surface area contributed by atoms with Crippen molar-refractivity contribution in [3.8, 4) is 5.82 Å². The highest BCUT2D eigenvalue weighted by atomic mass is 35.5. The van der Waals surface area contributed by atoms with Crippen LogP contribution in [0.15, 0.2) is 29.2 Å². The Morgan fingerprint density at radius 3 is 2.86 bits per heavy atom. The van der Waals surface area contributed by atoms with Crippen LogP contribution in [0.4, 0.5) is 4.39 Å². The highest BCUT2D eigenvalue weighted by molar-refractivity contribution is 6.35. The Hall–Kier alpha value is -2.25. The summed E-state index contributed by atoms with van der Waals surface area (Å²) >= 11 is 5.98. The molecule has 0 fully saturated rings. The van der Waals surface area contributed by atoms with Crippen molar-refractivity contribution in [3.05, 3.63) is 51.4 Å².